The lowest BCUT2D eigenvalue weighted by atomic mass is 10.5. The molecule has 2 heterocycles. The normalized spacial score (nSPS) is 10.2. The maximum Gasteiger partial charge on any atom is 0.293 e. The number of hydrogen-bond donors (Lipinski definition) is 2. The number of rotatable bonds is 3. The van der Waals surface area contributed by atoms with Crippen molar-refractivity contribution in [2.75, 3.05) is 0 Å². The van der Waals surface area contributed by atoms with E-state index in [1.165, 1.54) is 11.3 Å². The van der Waals surface area contributed by atoms with Gasteiger partial charge in [0.1, 0.15) is 5.01 Å². The van der Waals surface area contributed by atoms with Crippen molar-refractivity contribution in [3.63, 3.8) is 0 Å². The number of amides is 1. The number of nitrogens with zero attached hydrogens (tertiary/aromatic N) is 4. The highest BCUT2D eigenvalue weighted by Gasteiger charge is 2.10. The number of thiazole rings is 1. The summed E-state index contributed by atoms with van der Waals surface area (Å²) in [4.78, 5) is 15.6. The third-order valence-corrected chi connectivity index (χ3v) is 2.58. The first-order valence-electron chi connectivity index (χ1n) is 4.18. The molecule has 0 aliphatic heterocycles. The van der Waals surface area contributed by atoms with Crippen LogP contribution in [-0.2, 0) is 6.54 Å². The van der Waals surface area contributed by atoms with E-state index in [2.05, 4.69) is 30.9 Å². The van der Waals surface area contributed by atoms with Crippen LogP contribution in [0.15, 0.2) is 5.38 Å². The molecule has 0 radical (unpaired) electrons. The highest BCUT2D eigenvalue weighted by atomic mass is 32.1. The molecule has 0 spiro atoms. The Labute approximate surface area is 88.9 Å². The number of aromatic amines is 1. The Morgan fingerprint density at radius 2 is 2.53 bits per heavy atom. The van der Waals surface area contributed by atoms with Crippen molar-refractivity contribution < 1.29 is 4.79 Å². The van der Waals surface area contributed by atoms with Gasteiger partial charge in [-0.2, -0.15) is 5.21 Å². The second-order valence-corrected chi connectivity index (χ2v) is 3.74. The predicted molar refractivity (Wildman–Crippen MR) is 52.2 cm³/mol. The predicted octanol–water partition coefficient (Wildman–Crippen LogP) is -0.105. The number of H-pyrrole nitrogens is 1. The zero-order valence-corrected chi connectivity index (χ0v) is 8.71. The van der Waals surface area contributed by atoms with Gasteiger partial charge < -0.3 is 5.32 Å². The number of carbonyl (C=O) groups excluding carboxylic acids is 1. The molecule has 2 aromatic rings. The molecule has 2 rings (SSSR count). The molecule has 0 aliphatic rings. The molecule has 0 fully saturated rings. The van der Waals surface area contributed by atoms with Gasteiger partial charge in [0.15, 0.2) is 0 Å². The molecule has 2 aromatic heterocycles. The topological polar surface area (TPSA) is 96.5 Å². The van der Waals surface area contributed by atoms with Gasteiger partial charge in [-0.05, 0) is 12.1 Å². The Balaban J connectivity index is 1.91. The van der Waals surface area contributed by atoms with Crippen LogP contribution in [0.4, 0.5) is 0 Å². The fraction of sp³-hybridized carbons (Fsp3) is 0.286. The maximum atomic E-state index is 11.4. The number of nitrogens with one attached hydrogen (secondary N) is 2. The maximum absolute atomic E-state index is 11.4. The standard InChI is InChI=1S/C7H8N6OS/c1-4-3-15-5(9-4)2-8-7(14)6-10-12-13-11-6/h3H,2H2,1H3,(H,8,14)(H,10,11,12,13). The van der Waals surface area contributed by atoms with Crippen LogP contribution < -0.4 is 5.32 Å². The SMILES string of the molecule is Cc1csc(CNC(=O)c2nn[nH]n2)n1. The Bertz CT molecular complexity index is 450. The van der Waals surface area contributed by atoms with E-state index in [0.29, 0.717) is 6.54 Å². The minimum Gasteiger partial charge on any atom is -0.343 e. The molecule has 15 heavy (non-hydrogen) atoms. The van der Waals surface area contributed by atoms with Crippen LogP contribution in [-0.4, -0.2) is 31.5 Å². The van der Waals surface area contributed by atoms with Crippen LogP contribution in [0.1, 0.15) is 21.3 Å². The summed E-state index contributed by atoms with van der Waals surface area (Å²) in [6.45, 7) is 2.28. The largest absolute Gasteiger partial charge is 0.343 e. The van der Waals surface area contributed by atoms with Gasteiger partial charge in [-0.3, -0.25) is 4.79 Å². The van der Waals surface area contributed by atoms with Gasteiger partial charge in [0.2, 0.25) is 0 Å². The summed E-state index contributed by atoms with van der Waals surface area (Å²) in [5.74, 6) is -0.333. The van der Waals surface area contributed by atoms with Gasteiger partial charge in [0.05, 0.1) is 6.54 Å². The highest BCUT2D eigenvalue weighted by Crippen LogP contribution is 2.07. The fourth-order valence-corrected chi connectivity index (χ4v) is 1.69. The van der Waals surface area contributed by atoms with Crippen molar-refractivity contribution >= 4 is 17.2 Å². The second-order valence-electron chi connectivity index (χ2n) is 2.80. The van der Waals surface area contributed by atoms with E-state index in [1.807, 2.05) is 12.3 Å². The van der Waals surface area contributed by atoms with Crippen molar-refractivity contribution in [2.45, 2.75) is 13.5 Å². The van der Waals surface area contributed by atoms with E-state index in [-0.39, 0.29) is 11.7 Å². The summed E-state index contributed by atoms with van der Waals surface area (Å²) in [7, 11) is 0. The first-order valence-corrected chi connectivity index (χ1v) is 5.06. The molecule has 0 aliphatic carbocycles. The first kappa shape index (κ1) is 9.71. The van der Waals surface area contributed by atoms with Crippen LogP contribution in [0, 0.1) is 6.92 Å². The third-order valence-electron chi connectivity index (χ3n) is 1.62. The van der Waals surface area contributed by atoms with E-state index >= 15 is 0 Å². The molecule has 0 unspecified atom stereocenters. The van der Waals surface area contributed by atoms with Crippen LogP contribution >= 0.6 is 11.3 Å². The molecule has 0 aromatic carbocycles. The molecular formula is C7H8N6OS. The van der Waals surface area contributed by atoms with Gasteiger partial charge in [0, 0.05) is 11.1 Å². The summed E-state index contributed by atoms with van der Waals surface area (Å²) in [6, 6.07) is 0. The molecule has 78 valence electrons. The van der Waals surface area contributed by atoms with E-state index < -0.39 is 0 Å². The third kappa shape index (κ3) is 2.34. The Morgan fingerprint density at radius 3 is 3.13 bits per heavy atom. The van der Waals surface area contributed by atoms with Crippen molar-refractivity contribution in [1.29, 1.82) is 0 Å². The van der Waals surface area contributed by atoms with E-state index in [0.717, 1.165) is 10.7 Å². The smallest absolute Gasteiger partial charge is 0.293 e. The molecular weight excluding hydrogens is 216 g/mol. The van der Waals surface area contributed by atoms with Gasteiger partial charge in [-0.1, -0.05) is 0 Å². The lowest BCUT2D eigenvalue weighted by Gasteiger charge is -1.97. The molecule has 8 heteroatoms. The number of carbonyl (C=O) groups is 1. The second kappa shape index (κ2) is 4.13. The summed E-state index contributed by atoms with van der Waals surface area (Å²) in [6.07, 6.45) is 0. The highest BCUT2D eigenvalue weighted by molar-refractivity contribution is 7.09. The molecule has 0 bridgehead atoms. The van der Waals surface area contributed by atoms with Gasteiger partial charge >= 0.3 is 0 Å². The number of aromatic nitrogens is 5. The Morgan fingerprint density at radius 1 is 1.67 bits per heavy atom. The minimum absolute atomic E-state index is 0.0308. The average Bonchev–Trinajstić information content (AvgIpc) is 2.84. The zero-order chi connectivity index (χ0) is 10.7. The molecule has 0 atom stereocenters. The van der Waals surface area contributed by atoms with E-state index in [9.17, 15) is 4.79 Å². The zero-order valence-electron chi connectivity index (χ0n) is 7.89. The van der Waals surface area contributed by atoms with Crippen molar-refractivity contribution in [3.05, 3.63) is 21.9 Å². The molecule has 2 N–H and O–H groups in total. The Kier molecular flexibility index (Phi) is 2.68. The number of hydrogen-bond acceptors (Lipinski definition) is 6. The van der Waals surface area contributed by atoms with Crippen molar-refractivity contribution in [3.8, 4) is 0 Å². The van der Waals surface area contributed by atoms with E-state index in [4.69, 9.17) is 0 Å². The van der Waals surface area contributed by atoms with Crippen LogP contribution in [0.2, 0.25) is 0 Å². The summed E-state index contributed by atoms with van der Waals surface area (Å²) >= 11 is 1.50. The van der Waals surface area contributed by atoms with Crippen molar-refractivity contribution in [2.24, 2.45) is 0 Å². The van der Waals surface area contributed by atoms with Crippen LogP contribution in [0.5, 0.6) is 0 Å². The Hall–Kier alpha value is -1.83. The summed E-state index contributed by atoms with van der Waals surface area (Å²) in [5, 5.41) is 18.0. The average molecular weight is 224 g/mol. The number of aryl methyl sites for hydroxylation is 1. The van der Waals surface area contributed by atoms with Gasteiger partial charge in [0.25, 0.3) is 11.7 Å². The molecule has 0 saturated carbocycles. The quantitative estimate of drug-likeness (QED) is 0.758. The summed E-state index contributed by atoms with van der Waals surface area (Å²) < 4.78 is 0. The fourth-order valence-electron chi connectivity index (χ4n) is 0.977. The lowest BCUT2D eigenvalue weighted by molar-refractivity contribution is 0.0940. The van der Waals surface area contributed by atoms with Crippen LogP contribution in [0.25, 0.3) is 0 Å². The molecule has 0 saturated heterocycles. The summed E-state index contributed by atoms with van der Waals surface area (Å²) in [5.41, 5.74) is 0.948. The van der Waals surface area contributed by atoms with Crippen LogP contribution in [0.3, 0.4) is 0 Å². The van der Waals surface area contributed by atoms with Crippen molar-refractivity contribution in [1.82, 2.24) is 30.9 Å². The molecule has 1 amide bonds. The monoisotopic (exact) mass is 224 g/mol. The van der Waals surface area contributed by atoms with E-state index in [1.54, 1.807) is 0 Å². The molecule has 7 nitrogen and oxygen atoms in total. The first-order chi connectivity index (χ1) is 7.25. The number of tetrazole rings is 1. The minimum atomic E-state index is -0.364. The lowest BCUT2D eigenvalue weighted by Crippen LogP contribution is -2.24. The van der Waals surface area contributed by atoms with Gasteiger partial charge in [-0.15, -0.1) is 21.5 Å². The van der Waals surface area contributed by atoms with Gasteiger partial charge in [-0.25, -0.2) is 4.98 Å².